The van der Waals surface area contributed by atoms with Crippen LogP contribution in [0.4, 0.5) is 0 Å². The number of pyridine rings is 2. The van der Waals surface area contributed by atoms with Gasteiger partial charge in [-0.25, -0.2) is 0 Å². The van der Waals surface area contributed by atoms with Crippen molar-refractivity contribution >= 4 is 21.8 Å². The number of para-hydroxylation sites is 2. The second-order valence-corrected chi connectivity index (χ2v) is 4.66. The zero-order chi connectivity index (χ0) is 15.4. The number of rotatable bonds is 0. The molecule has 6 nitrogen and oxygen atoms in total. The monoisotopic (exact) mass is 374 g/mol. The summed E-state index contributed by atoms with van der Waals surface area (Å²) in [6.45, 7) is 0. The summed E-state index contributed by atoms with van der Waals surface area (Å²) in [5.41, 5.74) is 1.10. The molecule has 7 heteroatoms. The normalized spacial score (nSPS) is 8.96. The fourth-order valence-corrected chi connectivity index (χ4v) is 2.15. The van der Waals surface area contributed by atoms with Crippen LogP contribution in [0, 0.1) is 0 Å². The van der Waals surface area contributed by atoms with Crippen molar-refractivity contribution in [3.05, 3.63) is 73.1 Å². The summed E-state index contributed by atoms with van der Waals surface area (Å²) in [4.78, 5) is 7.94. The van der Waals surface area contributed by atoms with Crippen LogP contribution in [0.25, 0.3) is 21.8 Å². The van der Waals surface area contributed by atoms with E-state index in [1.807, 2.05) is 36.4 Å². The Hall–Kier alpha value is -2.64. The molecule has 4 aromatic rings. The molecular weight excluding hydrogens is 359 g/mol. The maximum atomic E-state index is 11.1. The molecule has 0 saturated heterocycles. The molecule has 25 heavy (non-hydrogen) atoms. The third kappa shape index (κ3) is 5.17. The van der Waals surface area contributed by atoms with Gasteiger partial charge in [0.15, 0.2) is 0 Å². The molecule has 4 rings (SSSR count). The number of hydrogen-bond donors (Lipinski definition) is 0. The predicted octanol–water partition coefficient (Wildman–Crippen LogP) is 1.61. The van der Waals surface area contributed by atoms with Crippen molar-refractivity contribution in [1.82, 2.24) is 9.97 Å². The Morgan fingerprint density at radius 3 is 1.32 bits per heavy atom. The van der Waals surface area contributed by atoms with Crippen LogP contribution in [0.3, 0.4) is 0 Å². The number of nitrogens with zero attached hydrogens (tertiary/aromatic N) is 2. The molecule has 0 fully saturated rings. The van der Waals surface area contributed by atoms with Crippen LogP contribution >= 0.6 is 0 Å². The summed E-state index contributed by atoms with van der Waals surface area (Å²) in [5, 5.41) is 24.0. The molecule has 3 N–H and O–H groups in total. The minimum Gasteiger partial charge on any atom is -0.871 e. The van der Waals surface area contributed by atoms with Crippen molar-refractivity contribution in [2.45, 2.75) is 0 Å². The topological polar surface area (TPSA) is 133 Å². The second-order valence-electron chi connectivity index (χ2n) is 4.66. The van der Waals surface area contributed by atoms with Gasteiger partial charge in [0.2, 0.25) is 0 Å². The van der Waals surface area contributed by atoms with Crippen LogP contribution in [0.2, 0.25) is 0 Å². The van der Waals surface area contributed by atoms with Crippen molar-refractivity contribution < 1.29 is 39.7 Å². The Morgan fingerprint density at radius 2 is 0.960 bits per heavy atom. The van der Waals surface area contributed by atoms with Crippen LogP contribution in [0.5, 0.6) is 11.5 Å². The zero-order valence-electron chi connectivity index (χ0n) is 13.0. The van der Waals surface area contributed by atoms with Gasteiger partial charge in [-0.2, -0.15) is 0 Å². The average Bonchev–Trinajstić information content (AvgIpc) is 2.57. The maximum Gasteiger partial charge on any atom is 0.0623 e. The number of aromatic nitrogens is 2. The third-order valence-electron chi connectivity index (χ3n) is 3.19. The second kappa shape index (κ2) is 10.3. The van der Waals surface area contributed by atoms with E-state index in [4.69, 9.17) is 0 Å². The molecule has 0 bridgehead atoms. The average molecular weight is 374 g/mol. The summed E-state index contributed by atoms with van der Waals surface area (Å²) in [6.07, 6.45) is 3.26. The minimum atomic E-state index is -0.0110. The summed E-state index contributed by atoms with van der Waals surface area (Å²) in [5.74, 6) is -0.0220. The van der Waals surface area contributed by atoms with E-state index >= 15 is 0 Å². The van der Waals surface area contributed by atoms with Gasteiger partial charge >= 0.3 is 0 Å². The first-order valence-corrected chi connectivity index (χ1v) is 6.77. The minimum absolute atomic E-state index is 0. The molecule has 0 unspecified atom stereocenters. The molecule has 2 aromatic carbocycles. The maximum absolute atomic E-state index is 11.1. The smallest absolute Gasteiger partial charge is 0.0623 e. The molecule has 0 spiro atoms. The van der Waals surface area contributed by atoms with Gasteiger partial charge in [-0.05, 0) is 22.9 Å². The molecule has 0 aliphatic heterocycles. The SMILES string of the molecule is O.[O-]c1cccc2cccnc12.[O-]c1cccc2cccnc12.[OH-].[V]. The van der Waals surface area contributed by atoms with Gasteiger partial charge in [0.25, 0.3) is 0 Å². The van der Waals surface area contributed by atoms with E-state index in [9.17, 15) is 10.2 Å². The van der Waals surface area contributed by atoms with Crippen molar-refractivity contribution in [3.8, 4) is 11.5 Å². The van der Waals surface area contributed by atoms with Gasteiger partial charge in [-0.3, -0.25) is 9.97 Å². The molecule has 2 aromatic heterocycles. The van der Waals surface area contributed by atoms with Gasteiger partial charge in [0, 0.05) is 30.9 Å². The van der Waals surface area contributed by atoms with Gasteiger partial charge in [0.05, 0.1) is 11.0 Å². The van der Waals surface area contributed by atoms with Gasteiger partial charge in [-0.15, -0.1) is 0 Å². The van der Waals surface area contributed by atoms with Crippen LogP contribution < -0.4 is 10.2 Å². The molecular formula is C18H15N2O4V-3. The van der Waals surface area contributed by atoms with E-state index in [2.05, 4.69) is 9.97 Å². The number of benzene rings is 2. The van der Waals surface area contributed by atoms with E-state index < -0.39 is 0 Å². The number of fused-ring (bicyclic) bond motifs is 2. The first kappa shape index (κ1) is 22.4. The van der Waals surface area contributed by atoms with E-state index in [1.54, 1.807) is 24.5 Å². The molecule has 2 heterocycles. The van der Waals surface area contributed by atoms with Crippen molar-refractivity contribution in [1.29, 1.82) is 0 Å². The van der Waals surface area contributed by atoms with Crippen molar-refractivity contribution in [2.75, 3.05) is 0 Å². The Kier molecular flexibility index (Phi) is 9.19. The molecule has 0 atom stereocenters. The standard InChI is InChI=1S/2C9H7NO.2H2O.V/c2*11-8-5-1-3-7-4-2-6-10-9(7)8;;;/h2*1-6,11H;2*1H2;/p-3. The fourth-order valence-electron chi connectivity index (χ4n) is 2.15. The van der Waals surface area contributed by atoms with E-state index in [0.717, 1.165) is 10.8 Å². The van der Waals surface area contributed by atoms with Crippen LogP contribution in [-0.2, 0) is 18.6 Å². The molecule has 1 radical (unpaired) electrons. The zero-order valence-corrected chi connectivity index (χ0v) is 14.4. The van der Waals surface area contributed by atoms with E-state index in [1.165, 1.54) is 12.1 Å². The number of hydrogen-bond acceptors (Lipinski definition) is 5. The van der Waals surface area contributed by atoms with Crippen molar-refractivity contribution in [2.24, 2.45) is 0 Å². The largest absolute Gasteiger partial charge is 0.871 e. The summed E-state index contributed by atoms with van der Waals surface area (Å²) >= 11 is 0. The summed E-state index contributed by atoms with van der Waals surface area (Å²) in [7, 11) is 0. The van der Waals surface area contributed by atoms with E-state index in [0.29, 0.717) is 11.0 Å². The first-order chi connectivity index (χ1) is 10.8. The Balaban J connectivity index is 0.000000411. The molecule has 0 saturated carbocycles. The van der Waals surface area contributed by atoms with Gasteiger partial charge in [-0.1, -0.05) is 60.0 Å². The van der Waals surface area contributed by atoms with Gasteiger partial charge in [0.1, 0.15) is 0 Å². The van der Waals surface area contributed by atoms with E-state index in [-0.39, 0.29) is 41.0 Å². The summed E-state index contributed by atoms with van der Waals surface area (Å²) < 4.78 is 0. The van der Waals surface area contributed by atoms with Crippen LogP contribution in [-0.4, -0.2) is 20.9 Å². The molecule has 129 valence electrons. The molecule has 0 aliphatic carbocycles. The quantitative estimate of drug-likeness (QED) is 0.461. The first-order valence-electron chi connectivity index (χ1n) is 6.77. The van der Waals surface area contributed by atoms with Crippen LogP contribution in [0.1, 0.15) is 0 Å². The van der Waals surface area contributed by atoms with Crippen molar-refractivity contribution in [3.63, 3.8) is 0 Å². The summed E-state index contributed by atoms with van der Waals surface area (Å²) in [6, 6.07) is 17.7. The Bertz CT molecular complexity index is 847. The molecule has 0 amide bonds. The Labute approximate surface area is 156 Å². The predicted molar refractivity (Wildman–Crippen MR) is 87.9 cm³/mol. The Morgan fingerprint density at radius 1 is 0.600 bits per heavy atom. The third-order valence-corrected chi connectivity index (χ3v) is 3.19. The molecule has 0 aliphatic rings. The van der Waals surface area contributed by atoms with Gasteiger partial charge < -0.3 is 21.2 Å². The fraction of sp³-hybridized carbons (Fsp3) is 0. The van der Waals surface area contributed by atoms with Crippen LogP contribution in [0.15, 0.2) is 73.1 Å².